The first-order valence-corrected chi connectivity index (χ1v) is 24.1. The van der Waals surface area contributed by atoms with Crippen molar-refractivity contribution in [3.8, 4) is 0 Å². The molecule has 3 unspecified atom stereocenters. The van der Waals surface area contributed by atoms with Crippen molar-refractivity contribution in [1.29, 1.82) is 0 Å². The lowest BCUT2D eigenvalue weighted by atomic mass is 9.97. The van der Waals surface area contributed by atoms with Gasteiger partial charge in [-0.05, 0) is 110 Å². The summed E-state index contributed by atoms with van der Waals surface area (Å²) in [5.41, 5.74) is 0.470. The van der Waals surface area contributed by atoms with Crippen LogP contribution in [-0.4, -0.2) is 141 Å². The molecule has 376 valence electrons. The van der Waals surface area contributed by atoms with Crippen LogP contribution in [0.1, 0.15) is 91.1 Å². The molecule has 2 aliphatic rings. The lowest BCUT2D eigenvalue weighted by Crippen LogP contribution is -2.54. The molecule has 0 aliphatic heterocycles. The van der Waals surface area contributed by atoms with Crippen LogP contribution in [0.3, 0.4) is 0 Å². The number of aryl methyl sites for hydroxylation is 1. The van der Waals surface area contributed by atoms with Gasteiger partial charge in [-0.1, -0.05) is 25.1 Å². The highest BCUT2D eigenvalue weighted by molar-refractivity contribution is 7.85. The van der Waals surface area contributed by atoms with Crippen LogP contribution < -0.4 is 26.6 Å². The Morgan fingerprint density at radius 1 is 0.896 bits per heavy atom. The van der Waals surface area contributed by atoms with Crippen LogP contribution in [0.4, 0.5) is 15.3 Å². The minimum Gasteiger partial charge on any atom is -0.450 e. The van der Waals surface area contributed by atoms with E-state index < -0.39 is 74.8 Å². The molecule has 2 aliphatic carbocycles. The molecule has 67 heavy (non-hydrogen) atoms. The zero-order valence-corrected chi connectivity index (χ0v) is 40.7. The fourth-order valence-electron chi connectivity index (χ4n) is 8.07. The second-order valence-corrected chi connectivity index (χ2v) is 19.9. The second kappa shape index (κ2) is 24.9. The van der Waals surface area contributed by atoms with Gasteiger partial charge in [-0.25, -0.2) is 14.3 Å². The molecule has 1 heterocycles. The highest BCUT2D eigenvalue weighted by Gasteiger charge is 2.50. The molecule has 1 saturated carbocycles. The second-order valence-electron chi connectivity index (χ2n) is 18.5. The van der Waals surface area contributed by atoms with E-state index >= 15 is 0 Å². The summed E-state index contributed by atoms with van der Waals surface area (Å²) in [6.45, 7) is 15.7. The number of aromatic nitrogens is 3. The van der Waals surface area contributed by atoms with Crippen molar-refractivity contribution in [2.24, 2.45) is 23.7 Å². The number of amides is 4. The zero-order valence-electron chi connectivity index (χ0n) is 39.8. The van der Waals surface area contributed by atoms with Gasteiger partial charge in [0.2, 0.25) is 17.7 Å². The summed E-state index contributed by atoms with van der Waals surface area (Å²) in [5, 5.41) is 31.5. The number of anilines is 1. The van der Waals surface area contributed by atoms with Gasteiger partial charge in [-0.15, -0.1) is 5.10 Å². The van der Waals surface area contributed by atoms with Crippen molar-refractivity contribution in [2.75, 3.05) is 65.1 Å². The molecule has 22 nitrogen and oxygen atoms in total. The molecule has 0 spiro atoms. The maximum absolute atomic E-state index is 13.4. The maximum Gasteiger partial charge on any atom is 0.506 e. The van der Waals surface area contributed by atoms with Gasteiger partial charge in [-0.3, -0.25) is 18.9 Å². The van der Waals surface area contributed by atoms with Gasteiger partial charge >= 0.3 is 12.2 Å². The summed E-state index contributed by atoms with van der Waals surface area (Å²) in [5.74, 6) is -0.949. The Hall–Kier alpha value is -4.94. The van der Waals surface area contributed by atoms with Crippen molar-refractivity contribution in [2.45, 2.75) is 122 Å². The Bertz CT molecular complexity index is 2110. The number of likely N-dealkylation sites (N-methyl/N-ethyl adjacent to an activating group) is 1. The first-order valence-electron chi connectivity index (χ1n) is 22.7. The van der Waals surface area contributed by atoms with Gasteiger partial charge < -0.3 is 55.4 Å². The van der Waals surface area contributed by atoms with Crippen LogP contribution in [0.2, 0.25) is 0 Å². The van der Waals surface area contributed by atoms with Gasteiger partial charge in [0.25, 0.3) is 10.1 Å². The van der Waals surface area contributed by atoms with E-state index in [1.807, 2.05) is 11.7 Å². The Morgan fingerprint density at radius 3 is 2.21 bits per heavy atom. The van der Waals surface area contributed by atoms with Crippen LogP contribution in [0.25, 0.3) is 0 Å². The topological polar surface area (TPSA) is 297 Å². The number of ether oxygens (including phenoxy) is 5. The summed E-state index contributed by atoms with van der Waals surface area (Å²) in [6.07, 6.45) is 1.86. The van der Waals surface area contributed by atoms with Crippen LogP contribution in [-0.2, 0) is 73.2 Å². The van der Waals surface area contributed by atoms with Crippen LogP contribution in [0, 0.1) is 23.7 Å². The molecule has 2 aromatic rings. The van der Waals surface area contributed by atoms with Crippen molar-refractivity contribution in [3.63, 3.8) is 0 Å². The molecular formula is C44H70N8O14S. The predicted molar refractivity (Wildman–Crippen MR) is 243 cm³/mol. The Balaban J connectivity index is 1.20. The minimum absolute atomic E-state index is 0.0584. The number of alkyl carbamates (subject to hydrolysis) is 1. The largest absolute Gasteiger partial charge is 0.506 e. The number of hydrogen-bond acceptors (Lipinski definition) is 15. The molecular weight excluding hydrogens is 897 g/mol. The number of carbonyl (C=O) groups is 5. The highest BCUT2D eigenvalue weighted by Crippen LogP contribution is 2.53. The molecule has 1 fully saturated rings. The normalized spacial score (nSPS) is 18.0. The molecule has 5 atom stereocenters. The van der Waals surface area contributed by atoms with Gasteiger partial charge in [0.15, 0.2) is 0 Å². The Morgan fingerprint density at radius 2 is 1.57 bits per heavy atom. The minimum atomic E-state index is -4.83. The SMILES string of the molecule is CNCCOCCOCCNC(=O)OC[C@@H]1C2CCc3nnn(C(C)(C)CCOC(C)(C)CC(=O)NC(C(=O)N[C@@H](C)C(=O)Nc4ccc(COC(=O)O)c(S(=O)(=O)O)c4)C(C)C)c3CCC21. The smallest absolute Gasteiger partial charge is 0.450 e. The fourth-order valence-corrected chi connectivity index (χ4v) is 8.81. The number of nitrogens with one attached hydrogen (secondary N) is 5. The standard InChI is InChI=1S/C44H70N8O14S/c1-27(2)38(40(55)47-28(3)39(54)48-30-10-9-29(25-65-42(57)58)36(23-30)67(59,60)61)49-37(53)24-44(6,7)66-18-15-43(4,5)52-35-14-12-32-31(11-13-34(35)50-51-52)33(32)26-64-41(56)46-17-20-63-22-21-62-19-16-45-8/h9-10,23,27-28,31-33,38,45H,11-22,24-26H2,1-8H3,(H,46,56)(H,47,55)(H,48,54)(H,49,53)(H,57,58)(H,59,60,61)/t28-,31?,32?,33+,38?/m0/s1. The van der Waals surface area contributed by atoms with Gasteiger partial charge in [-0.2, -0.15) is 8.42 Å². The van der Waals surface area contributed by atoms with Crippen molar-refractivity contribution in [1.82, 2.24) is 36.3 Å². The average molecular weight is 967 g/mol. The highest BCUT2D eigenvalue weighted by atomic mass is 32.2. The fraction of sp³-hybridized carbons (Fsp3) is 0.705. The molecule has 1 aromatic carbocycles. The third-order valence-corrected chi connectivity index (χ3v) is 12.9. The lowest BCUT2D eigenvalue weighted by molar-refractivity contribution is -0.134. The zero-order chi connectivity index (χ0) is 49.5. The summed E-state index contributed by atoms with van der Waals surface area (Å²) in [6, 6.07) is 1.21. The van der Waals surface area contributed by atoms with E-state index in [0.717, 1.165) is 49.7 Å². The lowest BCUT2D eigenvalue weighted by Gasteiger charge is -2.31. The third kappa shape index (κ3) is 17.3. The molecule has 1 aromatic heterocycles. The number of carbonyl (C=O) groups excluding carboxylic acids is 4. The van der Waals surface area contributed by atoms with Crippen molar-refractivity contribution < 1.29 is 65.7 Å². The van der Waals surface area contributed by atoms with Crippen molar-refractivity contribution >= 4 is 45.8 Å². The molecule has 4 rings (SSSR count). The summed E-state index contributed by atoms with van der Waals surface area (Å²) >= 11 is 0. The number of hydrogen-bond donors (Lipinski definition) is 7. The molecule has 0 saturated heterocycles. The number of nitrogens with zero attached hydrogens (tertiary/aromatic N) is 3. The third-order valence-electron chi connectivity index (χ3n) is 11.9. The Labute approximate surface area is 392 Å². The van der Waals surface area contributed by atoms with Crippen molar-refractivity contribution in [3.05, 3.63) is 35.2 Å². The quantitative estimate of drug-likeness (QED) is 0.0385. The first kappa shape index (κ1) is 54.7. The summed E-state index contributed by atoms with van der Waals surface area (Å²) in [7, 11) is -2.96. The van der Waals surface area contributed by atoms with E-state index in [-0.39, 0.29) is 23.6 Å². The van der Waals surface area contributed by atoms with E-state index in [9.17, 15) is 36.9 Å². The average Bonchev–Trinajstić information content (AvgIpc) is 3.72. The van der Waals surface area contributed by atoms with Gasteiger partial charge in [0.05, 0.1) is 62.0 Å². The van der Waals surface area contributed by atoms with E-state index in [1.54, 1.807) is 27.7 Å². The first-order chi connectivity index (χ1) is 31.5. The number of benzene rings is 1. The summed E-state index contributed by atoms with van der Waals surface area (Å²) < 4.78 is 62.6. The van der Waals surface area contributed by atoms with E-state index in [0.29, 0.717) is 70.4 Å². The summed E-state index contributed by atoms with van der Waals surface area (Å²) in [4.78, 5) is 62.2. The van der Waals surface area contributed by atoms with Gasteiger partial charge in [0.1, 0.15) is 23.6 Å². The van der Waals surface area contributed by atoms with Gasteiger partial charge in [0, 0.05) is 30.9 Å². The van der Waals surface area contributed by atoms with E-state index in [1.165, 1.54) is 19.1 Å². The van der Waals surface area contributed by atoms with E-state index in [4.69, 9.17) is 24.1 Å². The van der Waals surface area contributed by atoms with Crippen LogP contribution >= 0.6 is 0 Å². The molecule has 23 heteroatoms. The Kier molecular flexibility index (Phi) is 20.3. The monoisotopic (exact) mass is 966 g/mol. The molecule has 4 amide bonds. The number of rotatable bonds is 27. The van der Waals surface area contributed by atoms with Crippen LogP contribution in [0.15, 0.2) is 23.1 Å². The van der Waals surface area contributed by atoms with E-state index in [2.05, 4.69) is 55.5 Å². The predicted octanol–water partition coefficient (Wildman–Crippen LogP) is 3.03. The number of carboxylic acid groups (broad SMARTS) is 1. The maximum atomic E-state index is 13.4. The molecule has 0 bridgehead atoms. The molecule has 0 radical (unpaired) electrons. The molecule has 7 N–H and O–H groups in total. The van der Waals surface area contributed by atoms with Crippen LogP contribution in [0.5, 0.6) is 0 Å². The number of fused-ring (bicyclic) bond motifs is 2.